The van der Waals surface area contributed by atoms with E-state index >= 15 is 0 Å². The Morgan fingerprint density at radius 2 is 2.23 bits per heavy atom. The minimum atomic E-state index is 0.472. The highest BCUT2D eigenvalue weighted by Gasteiger charge is 2.01. The Morgan fingerprint density at radius 1 is 1.38 bits per heavy atom. The van der Waals surface area contributed by atoms with Crippen LogP contribution >= 0.6 is 0 Å². The van der Waals surface area contributed by atoms with Gasteiger partial charge >= 0.3 is 0 Å². The Kier molecular flexibility index (Phi) is 2.04. The van der Waals surface area contributed by atoms with Crippen molar-refractivity contribution < 1.29 is 9.15 Å². The number of para-hydroxylation sites is 1. The topological polar surface area (TPSA) is 22.4 Å². The van der Waals surface area contributed by atoms with Crippen molar-refractivity contribution in [2.75, 3.05) is 6.61 Å². The summed E-state index contributed by atoms with van der Waals surface area (Å²) < 4.78 is 10.7. The van der Waals surface area contributed by atoms with Crippen molar-refractivity contribution in [2.24, 2.45) is 0 Å². The van der Waals surface area contributed by atoms with E-state index in [1.54, 1.807) is 6.08 Å². The summed E-state index contributed by atoms with van der Waals surface area (Å²) in [5.41, 5.74) is 0.849. The molecular formula is C11H10O2. The van der Waals surface area contributed by atoms with Crippen LogP contribution in [0.15, 0.2) is 47.4 Å². The van der Waals surface area contributed by atoms with E-state index in [1.165, 1.54) is 0 Å². The summed E-state index contributed by atoms with van der Waals surface area (Å²) in [5, 5.41) is 1.06. The van der Waals surface area contributed by atoms with Gasteiger partial charge in [-0.1, -0.05) is 30.9 Å². The summed E-state index contributed by atoms with van der Waals surface area (Å²) in [6, 6.07) is 9.67. The third-order valence-corrected chi connectivity index (χ3v) is 1.75. The average molecular weight is 174 g/mol. The second kappa shape index (κ2) is 3.35. The summed E-state index contributed by atoms with van der Waals surface area (Å²) in [4.78, 5) is 0. The number of fused-ring (bicyclic) bond motifs is 1. The van der Waals surface area contributed by atoms with Crippen LogP contribution in [-0.4, -0.2) is 6.61 Å². The van der Waals surface area contributed by atoms with Gasteiger partial charge in [-0.05, 0) is 6.07 Å². The molecule has 66 valence electrons. The van der Waals surface area contributed by atoms with Crippen molar-refractivity contribution in [3.8, 4) is 5.95 Å². The van der Waals surface area contributed by atoms with Gasteiger partial charge in [0.25, 0.3) is 5.95 Å². The van der Waals surface area contributed by atoms with Crippen molar-refractivity contribution >= 4 is 11.0 Å². The maximum absolute atomic E-state index is 5.40. The van der Waals surface area contributed by atoms with Crippen LogP contribution in [0.1, 0.15) is 0 Å². The van der Waals surface area contributed by atoms with E-state index in [1.807, 2.05) is 30.3 Å². The Bertz CT molecular complexity index is 382. The van der Waals surface area contributed by atoms with Gasteiger partial charge in [-0.3, -0.25) is 0 Å². The van der Waals surface area contributed by atoms with Crippen LogP contribution in [0.2, 0.25) is 0 Å². The molecule has 13 heavy (non-hydrogen) atoms. The molecular weight excluding hydrogens is 164 g/mol. The van der Waals surface area contributed by atoms with E-state index in [-0.39, 0.29) is 0 Å². The van der Waals surface area contributed by atoms with Crippen LogP contribution in [0.4, 0.5) is 0 Å². The second-order valence-corrected chi connectivity index (χ2v) is 2.70. The first-order valence-corrected chi connectivity index (χ1v) is 4.12. The SMILES string of the molecule is C=CCOc1cc2ccccc2o1. The summed E-state index contributed by atoms with van der Waals surface area (Å²) in [7, 11) is 0. The zero-order valence-corrected chi connectivity index (χ0v) is 7.19. The van der Waals surface area contributed by atoms with Gasteiger partial charge < -0.3 is 9.15 Å². The van der Waals surface area contributed by atoms with E-state index < -0.39 is 0 Å². The normalized spacial score (nSPS) is 10.2. The number of hydrogen-bond donors (Lipinski definition) is 0. The lowest BCUT2D eigenvalue weighted by atomic mass is 10.3. The molecule has 0 fully saturated rings. The first kappa shape index (κ1) is 7.92. The third-order valence-electron chi connectivity index (χ3n) is 1.75. The molecule has 1 heterocycles. The second-order valence-electron chi connectivity index (χ2n) is 2.70. The van der Waals surface area contributed by atoms with E-state index in [0.29, 0.717) is 12.6 Å². The molecule has 0 bridgehead atoms. The van der Waals surface area contributed by atoms with Crippen LogP contribution in [0, 0.1) is 0 Å². The summed E-state index contributed by atoms with van der Waals surface area (Å²) >= 11 is 0. The highest BCUT2D eigenvalue weighted by atomic mass is 16.6. The third kappa shape index (κ3) is 1.56. The summed E-state index contributed by atoms with van der Waals surface area (Å²) in [6.07, 6.45) is 1.69. The van der Waals surface area contributed by atoms with Crippen molar-refractivity contribution in [1.82, 2.24) is 0 Å². The fourth-order valence-corrected chi connectivity index (χ4v) is 1.17. The van der Waals surface area contributed by atoms with Crippen LogP contribution in [0.25, 0.3) is 11.0 Å². The maximum Gasteiger partial charge on any atom is 0.285 e. The molecule has 1 aromatic heterocycles. The molecule has 0 aliphatic rings. The number of hydrogen-bond acceptors (Lipinski definition) is 2. The maximum atomic E-state index is 5.40. The molecule has 0 unspecified atom stereocenters. The minimum Gasteiger partial charge on any atom is -0.461 e. The summed E-state index contributed by atoms with van der Waals surface area (Å²) in [5.74, 6) is 0.543. The zero-order chi connectivity index (χ0) is 9.10. The predicted octanol–water partition coefficient (Wildman–Crippen LogP) is 3.00. The molecule has 2 heteroatoms. The number of furan rings is 1. The molecule has 0 aliphatic carbocycles. The summed E-state index contributed by atoms with van der Waals surface area (Å²) in [6.45, 7) is 4.04. The number of ether oxygens (including phenoxy) is 1. The molecule has 0 radical (unpaired) electrons. The Morgan fingerprint density at radius 3 is 3.00 bits per heavy atom. The van der Waals surface area contributed by atoms with Crippen molar-refractivity contribution in [1.29, 1.82) is 0 Å². The quantitative estimate of drug-likeness (QED) is 0.667. The largest absolute Gasteiger partial charge is 0.461 e. The van der Waals surface area contributed by atoms with Gasteiger partial charge in [0.15, 0.2) is 0 Å². The zero-order valence-electron chi connectivity index (χ0n) is 7.19. The van der Waals surface area contributed by atoms with Gasteiger partial charge in [0.2, 0.25) is 0 Å². The van der Waals surface area contributed by atoms with Gasteiger partial charge in [0.1, 0.15) is 12.2 Å². The molecule has 0 N–H and O–H groups in total. The molecule has 0 aliphatic heterocycles. The molecule has 1 aromatic carbocycles. The lowest BCUT2D eigenvalue weighted by Gasteiger charge is -1.94. The molecule has 2 aromatic rings. The molecule has 0 spiro atoms. The van der Waals surface area contributed by atoms with Gasteiger partial charge in [0.05, 0.1) is 0 Å². The Labute approximate surface area is 76.4 Å². The molecule has 0 saturated carbocycles. The molecule has 0 atom stereocenters. The number of rotatable bonds is 3. The smallest absolute Gasteiger partial charge is 0.285 e. The molecule has 0 saturated heterocycles. The first-order chi connectivity index (χ1) is 6.40. The van der Waals surface area contributed by atoms with Crippen molar-refractivity contribution in [3.05, 3.63) is 43.0 Å². The highest BCUT2D eigenvalue weighted by Crippen LogP contribution is 2.24. The monoisotopic (exact) mass is 174 g/mol. The average Bonchev–Trinajstić information content (AvgIpc) is 2.57. The van der Waals surface area contributed by atoms with Gasteiger partial charge in [-0.25, -0.2) is 0 Å². The molecule has 0 amide bonds. The van der Waals surface area contributed by atoms with E-state index in [0.717, 1.165) is 11.0 Å². The van der Waals surface area contributed by atoms with Gasteiger partial charge in [0, 0.05) is 11.5 Å². The van der Waals surface area contributed by atoms with Gasteiger partial charge in [-0.2, -0.15) is 0 Å². The molecule has 2 nitrogen and oxygen atoms in total. The minimum absolute atomic E-state index is 0.472. The van der Waals surface area contributed by atoms with E-state index in [4.69, 9.17) is 9.15 Å². The van der Waals surface area contributed by atoms with Crippen LogP contribution < -0.4 is 4.74 Å². The predicted molar refractivity (Wildman–Crippen MR) is 51.9 cm³/mol. The van der Waals surface area contributed by atoms with E-state index in [2.05, 4.69) is 6.58 Å². The van der Waals surface area contributed by atoms with Crippen molar-refractivity contribution in [2.45, 2.75) is 0 Å². The lowest BCUT2D eigenvalue weighted by Crippen LogP contribution is -1.89. The Balaban J connectivity index is 2.32. The standard InChI is InChI=1S/C11H10O2/c1-2-7-12-11-8-9-5-3-4-6-10(9)13-11/h2-6,8H,1,7H2. The fourth-order valence-electron chi connectivity index (χ4n) is 1.17. The van der Waals surface area contributed by atoms with Gasteiger partial charge in [-0.15, -0.1) is 0 Å². The molecule has 2 rings (SSSR count). The van der Waals surface area contributed by atoms with E-state index in [9.17, 15) is 0 Å². The van der Waals surface area contributed by atoms with Crippen molar-refractivity contribution in [3.63, 3.8) is 0 Å². The Hall–Kier alpha value is -1.70. The van der Waals surface area contributed by atoms with Crippen LogP contribution in [-0.2, 0) is 0 Å². The van der Waals surface area contributed by atoms with Crippen LogP contribution in [0.5, 0.6) is 5.95 Å². The van der Waals surface area contributed by atoms with Crippen LogP contribution in [0.3, 0.4) is 0 Å². The fraction of sp³-hybridized carbons (Fsp3) is 0.0909. The number of benzene rings is 1. The highest BCUT2D eigenvalue weighted by molar-refractivity contribution is 5.78. The first-order valence-electron chi connectivity index (χ1n) is 4.12. The lowest BCUT2D eigenvalue weighted by molar-refractivity contribution is 0.281.